The van der Waals surface area contributed by atoms with Crippen LogP contribution < -0.4 is 0 Å². The SMILES string of the molecule is Cc1cc(C)cc(-c2cc(Br)cc(Cl)c2C(=O)O)c1. The van der Waals surface area contributed by atoms with Gasteiger partial charge in [-0.1, -0.05) is 56.9 Å². The molecule has 19 heavy (non-hydrogen) atoms. The Morgan fingerprint density at radius 1 is 1.11 bits per heavy atom. The lowest BCUT2D eigenvalue weighted by Gasteiger charge is -2.11. The first-order valence-electron chi connectivity index (χ1n) is 5.69. The fourth-order valence-corrected chi connectivity index (χ4v) is 3.04. The Balaban J connectivity index is 2.77. The molecule has 98 valence electrons. The number of halogens is 2. The number of aromatic carboxylic acids is 1. The third-order valence-electron chi connectivity index (χ3n) is 2.80. The normalized spacial score (nSPS) is 10.5. The Labute approximate surface area is 125 Å². The molecule has 0 aliphatic rings. The summed E-state index contributed by atoms with van der Waals surface area (Å²) < 4.78 is 0.761. The van der Waals surface area contributed by atoms with Gasteiger partial charge in [-0.25, -0.2) is 4.79 Å². The van der Waals surface area contributed by atoms with Crippen molar-refractivity contribution in [3.8, 4) is 11.1 Å². The lowest BCUT2D eigenvalue weighted by molar-refractivity contribution is 0.0698. The number of carboxylic acids is 1. The molecule has 1 N–H and O–H groups in total. The summed E-state index contributed by atoms with van der Waals surface area (Å²) in [5, 5.41) is 9.57. The number of hydrogen-bond acceptors (Lipinski definition) is 1. The first kappa shape index (κ1) is 14.1. The lowest BCUT2D eigenvalue weighted by Crippen LogP contribution is -2.01. The van der Waals surface area contributed by atoms with Crippen molar-refractivity contribution < 1.29 is 9.90 Å². The van der Waals surface area contributed by atoms with E-state index < -0.39 is 5.97 Å². The largest absolute Gasteiger partial charge is 0.478 e. The molecule has 0 unspecified atom stereocenters. The van der Waals surface area contributed by atoms with Crippen LogP contribution in [0.3, 0.4) is 0 Å². The fourth-order valence-electron chi connectivity index (χ4n) is 2.15. The molecule has 2 aromatic carbocycles. The smallest absolute Gasteiger partial charge is 0.337 e. The van der Waals surface area contributed by atoms with Crippen LogP contribution in [0, 0.1) is 13.8 Å². The summed E-state index contributed by atoms with van der Waals surface area (Å²) in [5.74, 6) is -1.02. The Kier molecular flexibility index (Phi) is 3.97. The van der Waals surface area contributed by atoms with Crippen molar-refractivity contribution in [2.24, 2.45) is 0 Å². The fraction of sp³-hybridized carbons (Fsp3) is 0.133. The van der Waals surface area contributed by atoms with Gasteiger partial charge >= 0.3 is 5.97 Å². The zero-order chi connectivity index (χ0) is 14.2. The number of benzene rings is 2. The molecular formula is C15H12BrClO2. The van der Waals surface area contributed by atoms with Gasteiger partial charge in [-0.3, -0.25) is 0 Å². The van der Waals surface area contributed by atoms with E-state index in [1.165, 1.54) is 0 Å². The summed E-state index contributed by atoms with van der Waals surface area (Å²) in [7, 11) is 0. The zero-order valence-corrected chi connectivity index (χ0v) is 12.8. The van der Waals surface area contributed by atoms with Crippen LogP contribution in [0.1, 0.15) is 21.5 Å². The van der Waals surface area contributed by atoms with Gasteiger partial charge < -0.3 is 5.11 Å². The summed E-state index contributed by atoms with van der Waals surface area (Å²) >= 11 is 9.40. The predicted octanol–water partition coefficient (Wildman–Crippen LogP) is 5.08. The highest BCUT2D eigenvalue weighted by molar-refractivity contribution is 9.10. The van der Waals surface area contributed by atoms with E-state index in [2.05, 4.69) is 15.9 Å². The number of aryl methyl sites for hydroxylation is 2. The monoisotopic (exact) mass is 338 g/mol. The van der Waals surface area contributed by atoms with Gasteiger partial charge in [0.1, 0.15) is 0 Å². The highest BCUT2D eigenvalue weighted by atomic mass is 79.9. The molecule has 0 fully saturated rings. The molecule has 0 heterocycles. The average molecular weight is 340 g/mol. The number of carbonyl (C=O) groups is 1. The van der Waals surface area contributed by atoms with E-state index in [1.807, 2.05) is 32.0 Å². The standard InChI is InChI=1S/C15H12BrClO2/c1-8-3-9(2)5-10(4-8)12-6-11(16)7-13(17)14(12)15(18)19/h3-7H,1-2H3,(H,18,19). The first-order valence-corrected chi connectivity index (χ1v) is 6.86. The number of rotatable bonds is 2. The Hall–Kier alpha value is -1.32. The maximum absolute atomic E-state index is 11.4. The van der Waals surface area contributed by atoms with Gasteiger partial charge in [0.05, 0.1) is 10.6 Å². The summed E-state index contributed by atoms with van der Waals surface area (Å²) in [4.78, 5) is 11.4. The molecule has 4 heteroatoms. The Morgan fingerprint density at radius 3 is 2.21 bits per heavy atom. The van der Waals surface area contributed by atoms with E-state index in [0.29, 0.717) is 5.56 Å². The second-order valence-corrected chi connectivity index (χ2v) is 5.81. The van der Waals surface area contributed by atoms with Gasteiger partial charge in [-0.05, 0) is 37.1 Å². The van der Waals surface area contributed by atoms with E-state index in [9.17, 15) is 9.90 Å². The van der Waals surface area contributed by atoms with Gasteiger partial charge in [0.25, 0.3) is 0 Å². The highest BCUT2D eigenvalue weighted by Gasteiger charge is 2.17. The molecule has 0 saturated carbocycles. The molecule has 2 nitrogen and oxygen atoms in total. The van der Waals surface area contributed by atoms with Crippen molar-refractivity contribution in [2.45, 2.75) is 13.8 Å². The van der Waals surface area contributed by atoms with Crippen LogP contribution >= 0.6 is 27.5 Å². The maximum atomic E-state index is 11.4. The van der Waals surface area contributed by atoms with Crippen molar-refractivity contribution in [3.63, 3.8) is 0 Å². The third kappa shape index (κ3) is 2.99. The highest BCUT2D eigenvalue weighted by Crippen LogP contribution is 2.33. The van der Waals surface area contributed by atoms with Crippen molar-refractivity contribution in [1.82, 2.24) is 0 Å². The lowest BCUT2D eigenvalue weighted by atomic mass is 9.96. The van der Waals surface area contributed by atoms with Crippen LogP contribution in [0.2, 0.25) is 5.02 Å². The molecule has 0 aliphatic heterocycles. The molecule has 2 rings (SSSR count). The molecule has 0 atom stereocenters. The van der Waals surface area contributed by atoms with Gasteiger partial charge in [-0.2, -0.15) is 0 Å². The quantitative estimate of drug-likeness (QED) is 0.828. The van der Waals surface area contributed by atoms with Crippen molar-refractivity contribution in [1.29, 1.82) is 0 Å². The zero-order valence-electron chi connectivity index (χ0n) is 10.5. The van der Waals surface area contributed by atoms with Crippen LogP contribution in [0.15, 0.2) is 34.8 Å². The maximum Gasteiger partial charge on any atom is 0.337 e. The van der Waals surface area contributed by atoms with Crippen molar-refractivity contribution in [2.75, 3.05) is 0 Å². The third-order valence-corrected chi connectivity index (χ3v) is 3.56. The van der Waals surface area contributed by atoms with Crippen LogP contribution in [-0.4, -0.2) is 11.1 Å². The number of carboxylic acid groups (broad SMARTS) is 1. The van der Waals surface area contributed by atoms with E-state index in [4.69, 9.17) is 11.6 Å². The molecule has 0 saturated heterocycles. The van der Waals surface area contributed by atoms with Crippen LogP contribution in [-0.2, 0) is 0 Å². The number of hydrogen-bond donors (Lipinski definition) is 1. The average Bonchev–Trinajstić information content (AvgIpc) is 2.25. The molecule has 2 aromatic rings. The molecule has 0 aromatic heterocycles. The topological polar surface area (TPSA) is 37.3 Å². The molecule has 0 amide bonds. The van der Waals surface area contributed by atoms with Gasteiger partial charge in [0.2, 0.25) is 0 Å². The summed E-state index contributed by atoms with van der Waals surface area (Å²) in [5.41, 5.74) is 3.79. The minimum absolute atomic E-state index is 0.134. The van der Waals surface area contributed by atoms with E-state index in [0.717, 1.165) is 21.2 Å². The predicted molar refractivity (Wildman–Crippen MR) is 81.0 cm³/mol. The minimum Gasteiger partial charge on any atom is -0.478 e. The first-order chi connectivity index (χ1) is 8.88. The van der Waals surface area contributed by atoms with E-state index in [1.54, 1.807) is 12.1 Å². The molecule has 0 spiro atoms. The molecule has 0 radical (unpaired) electrons. The van der Waals surface area contributed by atoms with Crippen LogP contribution in [0.25, 0.3) is 11.1 Å². The molecular weight excluding hydrogens is 328 g/mol. The van der Waals surface area contributed by atoms with Gasteiger partial charge in [0, 0.05) is 4.47 Å². The molecule has 0 bridgehead atoms. The summed E-state index contributed by atoms with van der Waals surface area (Å²) in [6.07, 6.45) is 0. The van der Waals surface area contributed by atoms with Gasteiger partial charge in [-0.15, -0.1) is 0 Å². The van der Waals surface area contributed by atoms with Crippen molar-refractivity contribution in [3.05, 3.63) is 56.5 Å². The van der Waals surface area contributed by atoms with Gasteiger partial charge in [0.15, 0.2) is 0 Å². The second-order valence-electron chi connectivity index (χ2n) is 4.49. The van der Waals surface area contributed by atoms with E-state index >= 15 is 0 Å². The minimum atomic E-state index is -1.02. The van der Waals surface area contributed by atoms with Crippen LogP contribution in [0.5, 0.6) is 0 Å². The Morgan fingerprint density at radius 2 is 1.68 bits per heavy atom. The summed E-state index contributed by atoms with van der Waals surface area (Å²) in [6, 6.07) is 9.33. The second kappa shape index (κ2) is 5.35. The summed E-state index contributed by atoms with van der Waals surface area (Å²) in [6.45, 7) is 3.97. The van der Waals surface area contributed by atoms with E-state index in [-0.39, 0.29) is 10.6 Å². The van der Waals surface area contributed by atoms with Crippen LogP contribution in [0.4, 0.5) is 0 Å². The molecule has 0 aliphatic carbocycles. The Bertz CT molecular complexity index is 645. The van der Waals surface area contributed by atoms with Crippen molar-refractivity contribution >= 4 is 33.5 Å².